The number of aliphatic hydroxyl groups excluding tert-OH is 4. The normalized spacial score (nSPS) is 13.3. The third kappa shape index (κ3) is 18.1. The number of aromatic nitrogens is 12. The first-order valence-electron chi connectivity index (χ1n) is 27.5. The van der Waals surface area contributed by atoms with Crippen LogP contribution in [0, 0.1) is 13.8 Å². The predicted molar refractivity (Wildman–Crippen MR) is 322 cm³/mol. The molecule has 0 aliphatic carbocycles. The van der Waals surface area contributed by atoms with Crippen molar-refractivity contribution in [3.05, 3.63) is 72.3 Å². The number of nitrogens with zero attached hydrogens (tertiary/aromatic N) is 12. The lowest BCUT2D eigenvalue weighted by Gasteiger charge is -2.29. The first-order valence-corrected chi connectivity index (χ1v) is 27.5. The van der Waals surface area contributed by atoms with Crippen molar-refractivity contribution in [1.82, 2.24) is 59.8 Å². The number of pyridine rings is 4. The van der Waals surface area contributed by atoms with E-state index in [9.17, 15) is 20.4 Å². The van der Waals surface area contributed by atoms with E-state index >= 15 is 0 Å². The first kappa shape index (κ1) is 63.0. The summed E-state index contributed by atoms with van der Waals surface area (Å²) in [6.07, 6.45) is 18.7. The molecule has 24 heteroatoms. The Bertz CT molecular complexity index is 2980. The van der Waals surface area contributed by atoms with Crippen LogP contribution in [0.4, 0.5) is 47.1 Å². The molecule has 0 aromatic carbocycles. The van der Waals surface area contributed by atoms with Gasteiger partial charge in [-0.1, -0.05) is 79.1 Å². The molecule has 0 spiro atoms. The van der Waals surface area contributed by atoms with Gasteiger partial charge in [0.2, 0.25) is 23.8 Å². The summed E-state index contributed by atoms with van der Waals surface area (Å²) < 4.78 is 0. The van der Waals surface area contributed by atoms with Gasteiger partial charge < -0.3 is 64.6 Å². The summed E-state index contributed by atoms with van der Waals surface area (Å²) in [4.78, 5) is 50.9. The summed E-state index contributed by atoms with van der Waals surface area (Å²) in [5, 5.41) is 51.2. The SMILES string of the molecule is CCCC[C@@H](CO)Nc1nc(N)nc2c(C)ccnc12.CCCC[C@@](C)(CO)Nc1nc(N)nc2cccnc12.CCCC[C@H](CO)Nc1nc(N)nc2c(C)ccnc12.CCCC[C@](C)(CO)Nc1nc(N)nc2cccnc12. The van der Waals surface area contributed by atoms with Gasteiger partial charge in [0.15, 0.2) is 23.3 Å². The van der Waals surface area contributed by atoms with Crippen LogP contribution in [-0.4, -0.2) is 130 Å². The quantitative estimate of drug-likeness (QED) is 0.0276. The van der Waals surface area contributed by atoms with Gasteiger partial charge in [-0.3, -0.25) is 19.9 Å². The van der Waals surface area contributed by atoms with E-state index < -0.39 is 11.1 Å². The molecule has 0 saturated heterocycles. The fraction of sp³-hybridized carbons (Fsp3) is 0.500. The molecule has 0 aliphatic rings. The van der Waals surface area contributed by atoms with Gasteiger partial charge in [-0.05, 0) is 101 Å². The van der Waals surface area contributed by atoms with Crippen LogP contribution < -0.4 is 44.2 Å². The van der Waals surface area contributed by atoms with Gasteiger partial charge >= 0.3 is 0 Å². The molecular weight excluding hydrogens is 1020 g/mol. The zero-order valence-electron chi connectivity index (χ0n) is 47.7. The molecule has 432 valence electrons. The van der Waals surface area contributed by atoms with Crippen LogP contribution in [0.3, 0.4) is 0 Å². The molecule has 0 bridgehead atoms. The van der Waals surface area contributed by atoms with E-state index in [2.05, 4.69) is 109 Å². The Morgan fingerprint density at radius 2 is 0.787 bits per heavy atom. The maximum Gasteiger partial charge on any atom is 0.222 e. The molecule has 0 aliphatic heterocycles. The number of rotatable bonds is 24. The van der Waals surface area contributed by atoms with E-state index in [-0.39, 0.29) is 62.3 Å². The number of aryl methyl sites for hydroxylation is 2. The van der Waals surface area contributed by atoms with Crippen LogP contribution in [0.25, 0.3) is 44.1 Å². The average molecular weight is 1100 g/mol. The number of unbranched alkanes of at least 4 members (excludes halogenated alkanes) is 4. The van der Waals surface area contributed by atoms with Gasteiger partial charge in [0.05, 0.1) is 71.7 Å². The largest absolute Gasteiger partial charge is 0.394 e. The average Bonchev–Trinajstić information content (AvgIpc) is 3.47. The molecule has 8 heterocycles. The number of aliphatic hydroxyl groups is 4. The number of nitrogen functional groups attached to an aromatic ring is 4. The predicted octanol–water partition coefficient (Wildman–Crippen LogP) is 7.68. The lowest BCUT2D eigenvalue weighted by atomic mass is 9.96. The molecule has 80 heavy (non-hydrogen) atoms. The molecule has 0 fully saturated rings. The van der Waals surface area contributed by atoms with Crippen molar-refractivity contribution < 1.29 is 20.4 Å². The molecule has 8 aromatic rings. The van der Waals surface area contributed by atoms with Crippen molar-refractivity contribution in [2.24, 2.45) is 0 Å². The zero-order valence-corrected chi connectivity index (χ0v) is 47.7. The Kier molecular flexibility index (Phi) is 24.5. The minimum Gasteiger partial charge on any atom is -0.394 e. The third-order valence-corrected chi connectivity index (χ3v) is 13.2. The molecule has 16 N–H and O–H groups in total. The van der Waals surface area contributed by atoms with Crippen LogP contribution in [-0.2, 0) is 0 Å². The van der Waals surface area contributed by atoms with E-state index in [0.29, 0.717) is 56.4 Å². The number of nitrogens with one attached hydrogen (secondary N) is 4. The van der Waals surface area contributed by atoms with Gasteiger partial charge in [0.1, 0.15) is 22.1 Å². The lowest BCUT2D eigenvalue weighted by Crippen LogP contribution is -2.39. The van der Waals surface area contributed by atoms with Crippen LogP contribution in [0.2, 0.25) is 0 Å². The molecule has 24 nitrogen and oxygen atoms in total. The van der Waals surface area contributed by atoms with Crippen molar-refractivity contribution in [3.63, 3.8) is 0 Å². The van der Waals surface area contributed by atoms with Crippen LogP contribution in [0.5, 0.6) is 0 Å². The standard InChI is InChI=1S/4C14H21N5O/c2*1-3-4-7-14(2,9-20)19-12-11-10(6-5-8-16-11)17-13(15)18-12;2*1-3-4-5-10(8-20)17-13-12-11(18-14(15)19-13)9(2)6-7-16-12/h2*5-6,8,20H,3-4,7,9H2,1-2H3,(H3,15,17,18,19);2*6-7,10,20H,3-5,8H2,1-2H3,(H3,15,17,18,19)/t2*14-;2*10-/m1010/s1. The summed E-state index contributed by atoms with van der Waals surface area (Å²) in [7, 11) is 0. The number of nitrogens with two attached hydrogens (primary N) is 4. The monoisotopic (exact) mass is 1100 g/mol. The molecule has 0 unspecified atom stereocenters. The lowest BCUT2D eigenvalue weighted by molar-refractivity contribution is 0.212. The van der Waals surface area contributed by atoms with E-state index in [1.165, 1.54) is 0 Å². The number of anilines is 8. The molecular formula is C56H84N20O4. The molecule has 8 aromatic heterocycles. The summed E-state index contributed by atoms with van der Waals surface area (Å²) >= 11 is 0. The summed E-state index contributed by atoms with van der Waals surface area (Å²) in [6, 6.07) is 11.0. The second kappa shape index (κ2) is 31.1. The van der Waals surface area contributed by atoms with Crippen molar-refractivity contribution in [1.29, 1.82) is 0 Å². The minimum atomic E-state index is -0.443. The third-order valence-electron chi connectivity index (χ3n) is 13.2. The zero-order chi connectivity index (χ0) is 58.2. The Labute approximate surface area is 468 Å². The van der Waals surface area contributed by atoms with E-state index in [4.69, 9.17) is 22.9 Å². The Hall–Kier alpha value is -7.80. The van der Waals surface area contributed by atoms with Crippen molar-refractivity contribution in [3.8, 4) is 0 Å². The van der Waals surface area contributed by atoms with Gasteiger partial charge in [-0.15, -0.1) is 0 Å². The second-order valence-corrected chi connectivity index (χ2v) is 20.3. The molecule has 0 amide bonds. The highest BCUT2D eigenvalue weighted by Gasteiger charge is 2.26. The first-order chi connectivity index (χ1) is 38.5. The maximum absolute atomic E-state index is 9.66. The number of hydrogen-bond donors (Lipinski definition) is 12. The van der Waals surface area contributed by atoms with Crippen LogP contribution in [0.1, 0.15) is 130 Å². The van der Waals surface area contributed by atoms with E-state index in [1.54, 1.807) is 36.9 Å². The molecule has 0 radical (unpaired) electrons. The smallest absolute Gasteiger partial charge is 0.222 e. The maximum atomic E-state index is 9.66. The van der Waals surface area contributed by atoms with E-state index in [0.717, 1.165) is 99.2 Å². The summed E-state index contributed by atoms with van der Waals surface area (Å²) in [6.45, 7) is 16.5. The highest BCUT2D eigenvalue weighted by Crippen LogP contribution is 2.28. The van der Waals surface area contributed by atoms with E-state index in [1.807, 2.05) is 52.0 Å². The number of hydrogen-bond acceptors (Lipinski definition) is 24. The fourth-order valence-corrected chi connectivity index (χ4v) is 8.46. The van der Waals surface area contributed by atoms with Crippen molar-refractivity contribution >= 4 is 91.2 Å². The fourth-order valence-electron chi connectivity index (χ4n) is 8.46. The summed E-state index contributed by atoms with van der Waals surface area (Å²) in [5.74, 6) is 3.14. The highest BCUT2D eigenvalue weighted by molar-refractivity contribution is 5.90. The Morgan fingerprint density at radius 3 is 1.14 bits per heavy atom. The Morgan fingerprint density at radius 1 is 0.438 bits per heavy atom. The van der Waals surface area contributed by atoms with Gasteiger partial charge in [-0.2, -0.15) is 19.9 Å². The molecule has 8 rings (SSSR count). The van der Waals surface area contributed by atoms with Gasteiger partial charge in [0, 0.05) is 24.8 Å². The summed E-state index contributed by atoms with van der Waals surface area (Å²) in [5.41, 5.74) is 29.7. The van der Waals surface area contributed by atoms with Crippen molar-refractivity contribution in [2.45, 2.75) is 156 Å². The second-order valence-electron chi connectivity index (χ2n) is 20.3. The molecule has 0 saturated carbocycles. The Balaban J connectivity index is 0.000000196. The van der Waals surface area contributed by atoms with Gasteiger partial charge in [0.25, 0.3) is 0 Å². The van der Waals surface area contributed by atoms with Crippen LogP contribution in [0.15, 0.2) is 61.2 Å². The van der Waals surface area contributed by atoms with Gasteiger partial charge in [-0.25, -0.2) is 19.9 Å². The molecule has 4 atom stereocenters. The minimum absolute atomic E-state index is 0.0191. The topological polar surface area (TPSA) is 388 Å². The van der Waals surface area contributed by atoms with Crippen LogP contribution >= 0.6 is 0 Å². The van der Waals surface area contributed by atoms with Crippen molar-refractivity contribution in [2.75, 3.05) is 70.6 Å². The highest BCUT2D eigenvalue weighted by atomic mass is 16.3. The number of fused-ring (bicyclic) bond motifs is 4.